The van der Waals surface area contributed by atoms with Crippen molar-refractivity contribution in [3.8, 4) is 0 Å². The second-order valence-electron chi connectivity index (χ2n) is 1.89. The van der Waals surface area contributed by atoms with Gasteiger partial charge in [-0.15, -0.1) is 0 Å². The first-order valence-electron chi connectivity index (χ1n) is 2.62. The predicted octanol–water partition coefficient (Wildman–Crippen LogP) is 0.597. The molecule has 0 bridgehead atoms. The van der Waals surface area contributed by atoms with Gasteiger partial charge in [0, 0.05) is 3.58 Å². The molecule has 1 aliphatic rings. The third-order valence-electron chi connectivity index (χ3n) is 1.13. The van der Waals surface area contributed by atoms with Crippen LogP contribution < -0.4 is 0 Å². The maximum Gasteiger partial charge on any atom is 0.103 e. The molecule has 2 N–H and O–H groups in total. The van der Waals surface area contributed by atoms with E-state index in [1.165, 1.54) is 0 Å². The molecular formula is C6H7IO2. The Bertz CT molecular complexity index is 162. The lowest BCUT2D eigenvalue weighted by Crippen LogP contribution is -2.23. The van der Waals surface area contributed by atoms with Crippen LogP contribution in [0.4, 0.5) is 0 Å². The third kappa shape index (κ3) is 1.77. The molecule has 0 aliphatic heterocycles. The van der Waals surface area contributed by atoms with Crippen LogP contribution in [0.1, 0.15) is 0 Å². The van der Waals surface area contributed by atoms with E-state index in [0.29, 0.717) is 0 Å². The van der Waals surface area contributed by atoms with Gasteiger partial charge in [-0.05, 0) is 28.7 Å². The summed E-state index contributed by atoms with van der Waals surface area (Å²) in [5.74, 6) is 0. The van der Waals surface area contributed by atoms with Gasteiger partial charge in [0.1, 0.15) is 12.2 Å². The van der Waals surface area contributed by atoms with Gasteiger partial charge in [-0.1, -0.05) is 12.2 Å². The van der Waals surface area contributed by atoms with Crippen LogP contribution in [0.3, 0.4) is 0 Å². The maximum atomic E-state index is 8.97. The summed E-state index contributed by atoms with van der Waals surface area (Å²) in [7, 11) is 0. The lowest BCUT2D eigenvalue weighted by atomic mass is 10.1. The molecule has 1 rings (SSSR count). The van der Waals surface area contributed by atoms with Crippen molar-refractivity contribution in [1.29, 1.82) is 0 Å². The number of allylic oxidation sites excluding steroid dienone is 2. The summed E-state index contributed by atoms with van der Waals surface area (Å²) in [5.41, 5.74) is 0. The normalized spacial score (nSPS) is 34.3. The molecule has 2 nitrogen and oxygen atoms in total. The fourth-order valence-electron chi connectivity index (χ4n) is 0.622. The second-order valence-corrected chi connectivity index (χ2v) is 3.14. The highest BCUT2D eigenvalue weighted by atomic mass is 127. The van der Waals surface area contributed by atoms with Crippen LogP contribution in [0.15, 0.2) is 21.8 Å². The quantitative estimate of drug-likeness (QED) is 0.606. The molecular weight excluding hydrogens is 231 g/mol. The van der Waals surface area contributed by atoms with Crippen molar-refractivity contribution in [2.24, 2.45) is 0 Å². The van der Waals surface area contributed by atoms with E-state index in [4.69, 9.17) is 10.2 Å². The molecule has 3 heteroatoms. The molecule has 0 saturated carbocycles. The van der Waals surface area contributed by atoms with Crippen molar-refractivity contribution < 1.29 is 10.2 Å². The van der Waals surface area contributed by atoms with Crippen LogP contribution in [-0.4, -0.2) is 22.4 Å². The van der Waals surface area contributed by atoms with Gasteiger partial charge in [-0.25, -0.2) is 0 Å². The van der Waals surface area contributed by atoms with Crippen LogP contribution in [0.2, 0.25) is 0 Å². The standard InChI is InChI=1S/C6H7IO2/c7-4-1-2-5(8)6(9)3-4/h1-3,5-6,8-9H/t5-,6-/m1/s1. The highest BCUT2D eigenvalue weighted by molar-refractivity contribution is 14.1. The fraction of sp³-hybridized carbons (Fsp3) is 0.333. The van der Waals surface area contributed by atoms with Crippen LogP contribution in [0.5, 0.6) is 0 Å². The van der Waals surface area contributed by atoms with E-state index in [1.54, 1.807) is 18.2 Å². The average molecular weight is 238 g/mol. The van der Waals surface area contributed by atoms with E-state index in [-0.39, 0.29) is 0 Å². The predicted molar refractivity (Wildman–Crippen MR) is 43.3 cm³/mol. The topological polar surface area (TPSA) is 40.5 Å². The van der Waals surface area contributed by atoms with Gasteiger partial charge in [0.05, 0.1) is 0 Å². The van der Waals surface area contributed by atoms with E-state index in [2.05, 4.69) is 22.6 Å². The van der Waals surface area contributed by atoms with Crippen LogP contribution >= 0.6 is 22.6 Å². The first-order valence-corrected chi connectivity index (χ1v) is 3.69. The summed E-state index contributed by atoms with van der Waals surface area (Å²) in [6, 6.07) is 0. The Hall–Kier alpha value is 0.130. The Morgan fingerprint density at radius 1 is 1.33 bits per heavy atom. The van der Waals surface area contributed by atoms with Crippen molar-refractivity contribution in [2.75, 3.05) is 0 Å². The SMILES string of the molecule is O[C@@H]1C=CC(I)=C[C@H]1O. The van der Waals surface area contributed by atoms with Crippen molar-refractivity contribution in [3.05, 3.63) is 21.8 Å². The molecule has 50 valence electrons. The minimum absolute atomic E-state index is 0.719. The largest absolute Gasteiger partial charge is 0.386 e. The van der Waals surface area contributed by atoms with Crippen LogP contribution in [0, 0.1) is 0 Å². The number of hydrogen-bond donors (Lipinski definition) is 2. The summed E-state index contributed by atoms with van der Waals surface area (Å²) in [6.45, 7) is 0. The monoisotopic (exact) mass is 238 g/mol. The Kier molecular flexibility index (Phi) is 2.26. The third-order valence-corrected chi connectivity index (χ3v) is 1.85. The fourth-order valence-corrected chi connectivity index (χ4v) is 1.20. The van der Waals surface area contributed by atoms with Crippen molar-refractivity contribution in [3.63, 3.8) is 0 Å². The average Bonchev–Trinajstić information content (AvgIpc) is 1.80. The lowest BCUT2D eigenvalue weighted by Gasteiger charge is -2.13. The van der Waals surface area contributed by atoms with Gasteiger partial charge in [0.25, 0.3) is 0 Å². The molecule has 0 saturated heterocycles. The summed E-state index contributed by atoms with van der Waals surface area (Å²) in [5, 5.41) is 17.9. The molecule has 0 aromatic rings. The minimum atomic E-state index is -0.720. The molecule has 0 unspecified atom stereocenters. The Labute approximate surface area is 67.0 Å². The van der Waals surface area contributed by atoms with E-state index >= 15 is 0 Å². The first kappa shape index (κ1) is 7.24. The molecule has 0 amide bonds. The van der Waals surface area contributed by atoms with E-state index in [1.807, 2.05) is 0 Å². The van der Waals surface area contributed by atoms with Gasteiger partial charge in [-0.2, -0.15) is 0 Å². The molecule has 0 fully saturated rings. The number of aliphatic hydroxyl groups excluding tert-OH is 2. The Morgan fingerprint density at radius 3 is 2.44 bits per heavy atom. The van der Waals surface area contributed by atoms with Gasteiger partial charge in [0.15, 0.2) is 0 Å². The van der Waals surface area contributed by atoms with Gasteiger partial charge >= 0.3 is 0 Å². The van der Waals surface area contributed by atoms with Gasteiger partial charge in [0.2, 0.25) is 0 Å². The van der Waals surface area contributed by atoms with E-state index in [0.717, 1.165) is 3.58 Å². The number of rotatable bonds is 0. The zero-order chi connectivity index (χ0) is 6.85. The molecule has 0 spiro atoms. The van der Waals surface area contributed by atoms with Crippen molar-refractivity contribution >= 4 is 22.6 Å². The van der Waals surface area contributed by atoms with Gasteiger partial charge in [-0.3, -0.25) is 0 Å². The Balaban J connectivity index is 2.70. The zero-order valence-corrected chi connectivity index (χ0v) is 6.82. The summed E-state index contributed by atoms with van der Waals surface area (Å²) in [4.78, 5) is 0. The van der Waals surface area contributed by atoms with E-state index in [9.17, 15) is 0 Å². The first-order chi connectivity index (χ1) is 4.20. The molecule has 0 aromatic carbocycles. The zero-order valence-electron chi connectivity index (χ0n) is 4.66. The molecule has 9 heavy (non-hydrogen) atoms. The number of halogens is 1. The van der Waals surface area contributed by atoms with Crippen LogP contribution in [-0.2, 0) is 0 Å². The number of aliphatic hydroxyl groups is 2. The number of hydrogen-bond acceptors (Lipinski definition) is 2. The van der Waals surface area contributed by atoms with Crippen LogP contribution in [0.25, 0.3) is 0 Å². The Morgan fingerprint density at radius 2 is 2.00 bits per heavy atom. The van der Waals surface area contributed by atoms with Crippen molar-refractivity contribution in [1.82, 2.24) is 0 Å². The summed E-state index contributed by atoms with van der Waals surface area (Å²) in [6.07, 6.45) is 3.53. The molecule has 0 radical (unpaired) electrons. The summed E-state index contributed by atoms with van der Waals surface area (Å²) < 4.78 is 0.963. The van der Waals surface area contributed by atoms with Gasteiger partial charge < -0.3 is 10.2 Å². The minimum Gasteiger partial charge on any atom is -0.386 e. The molecule has 2 atom stereocenters. The highest BCUT2D eigenvalue weighted by Gasteiger charge is 2.13. The maximum absolute atomic E-state index is 8.97. The second kappa shape index (κ2) is 2.81. The van der Waals surface area contributed by atoms with E-state index < -0.39 is 12.2 Å². The molecule has 0 heterocycles. The summed E-state index contributed by atoms with van der Waals surface area (Å²) >= 11 is 2.09. The lowest BCUT2D eigenvalue weighted by molar-refractivity contribution is 0.0793. The molecule has 0 aromatic heterocycles. The molecule has 1 aliphatic carbocycles. The highest BCUT2D eigenvalue weighted by Crippen LogP contribution is 2.16. The van der Waals surface area contributed by atoms with Crippen molar-refractivity contribution in [2.45, 2.75) is 12.2 Å². The smallest absolute Gasteiger partial charge is 0.103 e.